The topological polar surface area (TPSA) is 59.4 Å². The summed E-state index contributed by atoms with van der Waals surface area (Å²) in [5, 5.41) is 8.55. The number of halogens is 4. The molecule has 1 unspecified atom stereocenters. The van der Waals surface area contributed by atoms with Crippen LogP contribution in [0.2, 0.25) is 0 Å². The minimum atomic E-state index is -4.66. The molecule has 1 aromatic heterocycles. The number of carbonyl (C=O) groups is 1. The van der Waals surface area contributed by atoms with Crippen molar-refractivity contribution in [1.29, 1.82) is 0 Å². The number of hydrogen-bond donors (Lipinski definition) is 1. The van der Waals surface area contributed by atoms with Gasteiger partial charge in [0.25, 0.3) is 0 Å². The molecule has 0 spiro atoms. The molecule has 1 heterocycles. The lowest BCUT2D eigenvalue weighted by atomic mass is 10.2. The highest BCUT2D eigenvalue weighted by Gasteiger charge is 2.36. The van der Waals surface area contributed by atoms with Gasteiger partial charge < -0.3 is 9.84 Å². The van der Waals surface area contributed by atoms with Gasteiger partial charge in [-0.3, -0.25) is 0 Å². The molecule has 0 aliphatic heterocycles. The molecule has 0 radical (unpaired) electrons. The lowest BCUT2D eigenvalue weighted by Gasteiger charge is -2.15. The van der Waals surface area contributed by atoms with Crippen molar-refractivity contribution < 1.29 is 27.8 Å². The van der Waals surface area contributed by atoms with Gasteiger partial charge in [-0.25, -0.2) is 9.78 Å². The van der Waals surface area contributed by atoms with Gasteiger partial charge in [0.2, 0.25) is 5.88 Å². The maximum Gasteiger partial charge on any atom is 0.421 e. The van der Waals surface area contributed by atoms with Crippen LogP contribution in [0.3, 0.4) is 0 Å². The summed E-state index contributed by atoms with van der Waals surface area (Å²) in [6, 6.07) is 0.775. The molecule has 8 heteroatoms. The highest BCUT2D eigenvalue weighted by atomic mass is 79.9. The Labute approximate surface area is 103 Å². The van der Waals surface area contributed by atoms with E-state index in [0.29, 0.717) is 0 Å². The van der Waals surface area contributed by atoms with Crippen LogP contribution in [0, 0.1) is 0 Å². The van der Waals surface area contributed by atoms with E-state index < -0.39 is 29.7 Å². The van der Waals surface area contributed by atoms with Crippen molar-refractivity contribution in [1.82, 2.24) is 4.98 Å². The van der Waals surface area contributed by atoms with Gasteiger partial charge in [0.05, 0.1) is 0 Å². The van der Waals surface area contributed by atoms with Gasteiger partial charge in [0, 0.05) is 10.7 Å². The van der Waals surface area contributed by atoms with Gasteiger partial charge in [0.15, 0.2) is 6.10 Å². The Bertz CT molecular complexity index is 436. The molecule has 17 heavy (non-hydrogen) atoms. The van der Waals surface area contributed by atoms with E-state index in [1.54, 1.807) is 0 Å². The van der Waals surface area contributed by atoms with E-state index in [0.717, 1.165) is 19.2 Å². The van der Waals surface area contributed by atoms with Crippen LogP contribution in [-0.4, -0.2) is 22.2 Å². The number of aliphatic carboxylic acids is 1. The Hall–Kier alpha value is -1.31. The predicted octanol–water partition coefficient (Wildman–Crippen LogP) is 2.71. The third kappa shape index (κ3) is 3.58. The van der Waals surface area contributed by atoms with Gasteiger partial charge in [-0.1, -0.05) is 0 Å². The fourth-order valence-electron chi connectivity index (χ4n) is 0.942. The van der Waals surface area contributed by atoms with E-state index in [1.807, 2.05) is 0 Å². The minimum Gasteiger partial charge on any atom is -0.479 e. The molecular formula is C9H7BrF3NO3. The summed E-state index contributed by atoms with van der Waals surface area (Å²) in [7, 11) is 0. The second-order valence-corrected chi connectivity index (χ2v) is 4.02. The Morgan fingerprint density at radius 3 is 2.65 bits per heavy atom. The highest BCUT2D eigenvalue weighted by molar-refractivity contribution is 9.10. The van der Waals surface area contributed by atoms with Crippen molar-refractivity contribution >= 4 is 21.9 Å². The summed E-state index contributed by atoms with van der Waals surface area (Å²) in [5.41, 5.74) is -1.13. The zero-order valence-electron chi connectivity index (χ0n) is 8.45. The van der Waals surface area contributed by atoms with E-state index in [2.05, 4.69) is 25.7 Å². The van der Waals surface area contributed by atoms with Crippen molar-refractivity contribution in [2.24, 2.45) is 0 Å². The molecule has 0 fully saturated rings. The number of rotatable bonds is 3. The molecule has 94 valence electrons. The molecule has 0 saturated heterocycles. The Morgan fingerprint density at radius 2 is 2.18 bits per heavy atom. The SMILES string of the molecule is CC(Oc1ncc(Br)cc1C(F)(F)F)C(=O)O. The third-order valence-electron chi connectivity index (χ3n) is 1.76. The first kappa shape index (κ1) is 13.8. The van der Waals surface area contributed by atoms with Crippen LogP contribution in [0.15, 0.2) is 16.7 Å². The molecule has 0 amide bonds. The fraction of sp³-hybridized carbons (Fsp3) is 0.333. The Balaban J connectivity index is 3.11. The Morgan fingerprint density at radius 1 is 1.59 bits per heavy atom. The van der Waals surface area contributed by atoms with Crippen LogP contribution < -0.4 is 4.74 Å². The number of carboxylic acids is 1. The van der Waals surface area contributed by atoms with E-state index in [4.69, 9.17) is 5.11 Å². The van der Waals surface area contributed by atoms with Crippen molar-refractivity contribution in [3.63, 3.8) is 0 Å². The van der Waals surface area contributed by atoms with Crippen molar-refractivity contribution in [3.8, 4) is 5.88 Å². The van der Waals surface area contributed by atoms with Crippen LogP contribution in [0.5, 0.6) is 5.88 Å². The number of alkyl halides is 3. The summed E-state index contributed by atoms with van der Waals surface area (Å²) < 4.78 is 42.5. The first-order chi connectivity index (χ1) is 7.71. The molecular weight excluding hydrogens is 307 g/mol. The minimum absolute atomic E-state index is 0.125. The zero-order chi connectivity index (χ0) is 13.2. The van der Waals surface area contributed by atoms with E-state index in [-0.39, 0.29) is 4.47 Å². The van der Waals surface area contributed by atoms with Crippen LogP contribution in [0.25, 0.3) is 0 Å². The molecule has 4 nitrogen and oxygen atoms in total. The molecule has 1 rings (SSSR count). The quantitative estimate of drug-likeness (QED) is 0.932. The molecule has 0 aliphatic carbocycles. The van der Waals surface area contributed by atoms with Crippen molar-refractivity contribution in [2.45, 2.75) is 19.2 Å². The summed E-state index contributed by atoms with van der Waals surface area (Å²) in [5.74, 6) is -2.13. The molecule has 0 aliphatic rings. The smallest absolute Gasteiger partial charge is 0.421 e. The average molecular weight is 314 g/mol. The summed E-state index contributed by atoms with van der Waals surface area (Å²) in [6.45, 7) is 1.12. The molecule has 1 atom stereocenters. The second kappa shape index (κ2) is 4.91. The Kier molecular flexibility index (Phi) is 3.97. The van der Waals surface area contributed by atoms with Gasteiger partial charge in [0.1, 0.15) is 5.56 Å². The van der Waals surface area contributed by atoms with Crippen LogP contribution in [0.1, 0.15) is 12.5 Å². The van der Waals surface area contributed by atoms with Crippen molar-refractivity contribution in [2.75, 3.05) is 0 Å². The number of carboxylic acid groups (broad SMARTS) is 1. The third-order valence-corrected chi connectivity index (χ3v) is 2.19. The number of ether oxygens (including phenoxy) is 1. The summed E-state index contributed by atoms with van der Waals surface area (Å²) in [4.78, 5) is 13.9. The fourth-order valence-corrected chi connectivity index (χ4v) is 1.27. The number of pyridine rings is 1. The second-order valence-electron chi connectivity index (χ2n) is 3.10. The number of hydrogen-bond acceptors (Lipinski definition) is 3. The monoisotopic (exact) mass is 313 g/mol. The number of aromatic nitrogens is 1. The van der Waals surface area contributed by atoms with Gasteiger partial charge in [-0.2, -0.15) is 13.2 Å². The van der Waals surface area contributed by atoms with Crippen LogP contribution >= 0.6 is 15.9 Å². The normalized spacial score (nSPS) is 13.2. The maximum atomic E-state index is 12.6. The largest absolute Gasteiger partial charge is 0.479 e. The zero-order valence-corrected chi connectivity index (χ0v) is 10.0. The van der Waals surface area contributed by atoms with Gasteiger partial charge in [-0.05, 0) is 28.9 Å². The van der Waals surface area contributed by atoms with E-state index >= 15 is 0 Å². The first-order valence-electron chi connectivity index (χ1n) is 4.34. The van der Waals surface area contributed by atoms with Gasteiger partial charge >= 0.3 is 12.1 Å². The molecule has 1 N–H and O–H groups in total. The van der Waals surface area contributed by atoms with Crippen LogP contribution in [-0.2, 0) is 11.0 Å². The predicted molar refractivity (Wildman–Crippen MR) is 54.7 cm³/mol. The summed E-state index contributed by atoms with van der Waals surface area (Å²) >= 11 is 2.85. The molecule has 0 bridgehead atoms. The van der Waals surface area contributed by atoms with E-state index in [9.17, 15) is 18.0 Å². The maximum absolute atomic E-state index is 12.6. The molecule has 0 aromatic carbocycles. The number of nitrogens with zero attached hydrogens (tertiary/aromatic N) is 1. The average Bonchev–Trinajstić information content (AvgIpc) is 2.18. The van der Waals surface area contributed by atoms with Gasteiger partial charge in [-0.15, -0.1) is 0 Å². The highest BCUT2D eigenvalue weighted by Crippen LogP contribution is 2.36. The lowest BCUT2D eigenvalue weighted by molar-refractivity contribution is -0.147. The molecule has 1 aromatic rings. The van der Waals surface area contributed by atoms with Crippen molar-refractivity contribution in [3.05, 3.63) is 22.3 Å². The first-order valence-corrected chi connectivity index (χ1v) is 5.13. The van der Waals surface area contributed by atoms with Crippen LogP contribution in [0.4, 0.5) is 13.2 Å². The molecule has 0 saturated carbocycles. The summed E-state index contributed by atoms with van der Waals surface area (Å²) in [6.07, 6.45) is -4.98. The lowest BCUT2D eigenvalue weighted by Crippen LogP contribution is -2.25. The van der Waals surface area contributed by atoms with E-state index in [1.165, 1.54) is 0 Å². The standard InChI is InChI=1S/C9H7BrF3NO3/c1-4(8(15)16)17-7-6(9(11,12)13)2-5(10)3-14-7/h2-4H,1H3,(H,15,16).